The van der Waals surface area contributed by atoms with E-state index in [1.165, 1.54) is 0 Å². The Bertz CT molecular complexity index is 1260. The summed E-state index contributed by atoms with van der Waals surface area (Å²) in [5, 5.41) is 12.4. The van der Waals surface area contributed by atoms with E-state index in [9.17, 15) is 14.4 Å². The number of nitrogens with one attached hydrogen (secondary N) is 2. The second-order valence-electron chi connectivity index (χ2n) is 8.86. The first-order valence-corrected chi connectivity index (χ1v) is 12.1. The van der Waals surface area contributed by atoms with Crippen molar-refractivity contribution in [3.05, 3.63) is 64.0 Å². The molecule has 0 radical (unpaired) electrons. The van der Waals surface area contributed by atoms with Gasteiger partial charge in [-0.05, 0) is 55.7 Å². The summed E-state index contributed by atoms with van der Waals surface area (Å²) >= 11 is 1.60. The molecule has 3 heterocycles. The fourth-order valence-corrected chi connectivity index (χ4v) is 5.84. The molecule has 2 N–H and O–H groups in total. The summed E-state index contributed by atoms with van der Waals surface area (Å²) in [5.41, 5.74) is 1.60. The molecule has 4 amide bonds. The fraction of sp³-hybridized carbons (Fsp3) is 0.333. The average Bonchev–Trinajstić information content (AvgIpc) is 3.32. The number of para-hydroxylation sites is 1. The monoisotopic (exact) mass is 461 g/mol. The van der Waals surface area contributed by atoms with Gasteiger partial charge in [0.05, 0.1) is 11.4 Å². The molecule has 3 aliphatic rings. The number of urea groups is 1. The van der Waals surface area contributed by atoms with E-state index in [2.05, 4.69) is 15.7 Å². The van der Waals surface area contributed by atoms with Gasteiger partial charge in [-0.2, -0.15) is 5.10 Å². The first-order valence-electron chi connectivity index (χ1n) is 11.2. The highest BCUT2D eigenvalue weighted by atomic mass is 32.1. The highest BCUT2D eigenvalue weighted by Crippen LogP contribution is 2.42. The quantitative estimate of drug-likeness (QED) is 0.568. The molecule has 6 rings (SSSR count). The number of carbonyl (C=O) groups is 3. The first kappa shape index (κ1) is 20.2. The number of carbonyl (C=O) groups excluding carboxylic acids is 3. The molecule has 1 aliphatic heterocycles. The summed E-state index contributed by atoms with van der Waals surface area (Å²) in [6.07, 6.45) is 4.46. The summed E-state index contributed by atoms with van der Waals surface area (Å²) in [6.45, 7) is -0.343. The SMILES string of the molecule is O=C(CN1C(=O)NC2(CCCc3sccc32)C1=O)Nc1cc(C2CC2)nn1-c1ccccc1. The van der Waals surface area contributed by atoms with Crippen LogP contribution in [0.2, 0.25) is 0 Å². The van der Waals surface area contributed by atoms with Crippen LogP contribution in [0.5, 0.6) is 0 Å². The highest BCUT2D eigenvalue weighted by molar-refractivity contribution is 7.10. The lowest BCUT2D eigenvalue weighted by molar-refractivity contribution is -0.134. The zero-order valence-corrected chi connectivity index (χ0v) is 18.7. The van der Waals surface area contributed by atoms with Crippen molar-refractivity contribution >= 4 is 35.0 Å². The summed E-state index contributed by atoms with van der Waals surface area (Å²) in [7, 11) is 0. The van der Waals surface area contributed by atoms with Crippen LogP contribution in [0.15, 0.2) is 47.8 Å². The van der Waals surface area contributed by atoms with Gasteiger partial charge in [0.15, 0.2) is 0 Å². The molecule has 33 heavy (non-hydrogen) atoms. The van der Waals surface area contributed by atoms with Gasteiger partial charge in [0.1, 0.15) is 17.9 Å². The van der Waals surface area contributed by atoms with Crippen LogP contribution < -0.4 is 10.6 Å². The molecule has 1 unspecified atom stereocenters. The van der Waals surface area contributed by atoms with Crippen molar-refractivity contribution in [3.63, 3.8) is 0 Å². The van der Waals surface area contributed by atoms with E-state index in [-0.39, 0.29) is 12.5 Å². The lowest BCUT2D eigenvalue weighted by Crippen LogP contribution is -2.46. The maximum Gasteiger partial charge on any atom is 0.325 e. The number of thiophene rings is 1. The second kappa shape index (κ2) is 7.55. The summed E-state index contributed by atoms with van der Waals surface area (Å²) in [5.74, 6) is 0.170. The van der Waals surface area contributed by atoms with E-state index in [4.69, 9.17) is 0 Å². The van der Waals surface area contributed by atoms with E-state index in [0.29, 0.717) is 18.2 Å². The number of hydrogen-bond acceptors (Lipinski definition) is 5. The van der Waals surface area contributed by atoms with Crippen LogP contribution in [0.1, 0.15) is 47.7 Å². The van der Waals surface area contributed by atoms with Crippen LogP contribution in [0.3, 0.4) is 0 Å². The lowest BCUT2D eigenvalue weighted by Gasteiger charge is -2.31. The maximum absolute atomic E-state index is 13.4. The van der Waals surface area contributed by atoms with Crippen molar-refractivity contribution < 1.29 is 14.4 Å². The molecule has 1 saturated heterocycles. The van der Waals surface area contributed by atoms with Gasteiger partial charge in [0.2, 0.25) is 5.91 Å². The summed E-state index contributed by atoms with van der Waals surface area (Å²) in [6, 6.07) is 12.9. The minimum absolute atomic E-state index is 0.343. The largest absolute Gasteiger partial charge is 0.325 e. The minimum atomic E-state index is -1.05. The van der Waals surface area contributed by atoms with Gasteiger partial charge in [-0.3, -0.25) is 14.5 Å². The molecule has 2 aromatic heterocycles. The van der Waals surface area contributed by atoms with E-state index in [0.717, 1.165) is 52.4 Å². The molecule has 9 heteroatoms. The molecular weight excluding hydrogens is 438 g/mol. The first-order chi connectivity index (χ1) is 16.0. The zero-order valence-electron chi connectivity index (χ0n) is 17.9. The molecule has 8 nitrogen and oxygen atoms in total. The molecule has 1 saturated carbocycles. The number of nitrogens with zero attached hydrogens (tertiary/aromatic N) is 3. The number of anilines is 1. The molecule has 1 spiro atoms. The number of benzene rings is 1. The fourth-order valence-electron chi connectivity index (χ4n) is 4.84. The Balaban J connectivity index is 1.24. The molecule has 1 atom stereocenters. The third-order valence-corrected chi connectivity index (χ3v) is 7.61. The Morgan fingerprint density at radius 1 is 1.21 bits per heavy atom. The molecule has 1 aromatic carbocycles. The number of rotatable bonds is 5. The predicted molar refractivity (Wildman–Crippen MR) is 123 cm³/mol. The Labute approximate surface area is 194 Å². The number of aryl methyl sites for hydroxylation is 1. The van der Waals surface area contributed by atoms with Crippen molar-refractivity contribution in [2.24, 2.45) is 0 Å². The highest BCUT2D eigenvalue weighted by Gasteiger charge is 2.54. The number of imide groups is 1. The number of amides is 4. The molecule has 2 aliphatic carbocycles. The van der Waals surface area contributed by atoms with E-state index >= 15 is 0 Å². The summed E-state index contributed by atoms with van der Waals surface area (Å²) < 4.78 is 1.71. The minimum Gasteiger partial charge on any atom is -0.319 e. The van der Waals surface area contributed by atoms with Gasteiger partial charge in [-0.25, -0.2) is 9.48 Å². The Kier molecular flexibility index (Phi) is 4.62. The van der Waals surface area contributed by atoms with Crippen LogP contribution in [0, 0.1) is 0 Å². The molecular formula is C24H23N5O3S. The Hall–Kier alpha value is -3.46. The van der Waals surface area contributed by atoms with Crippen molar-refractivity contribution in [1.29, 1.82) is 0 Å². The second-order valence-corrected chi connectivity index (χ2v) is 9.86. The predicted octanol–water partition coefficient (Wildman–Crippen LogP) is 3.53. The van der Waals surface area contributed by atoms with Crippen LogP contribution in [-0.2, 0) is 21.5 Å². The summed E-state index contributed by atoms with van der Waals surface area (Å²) in [4.78, 5) is 41.3. The van der Waals surface area contributed by atoms with E-state index in [1.807, 2.05) is 47.8 Å². The molecule has 3 aromatic rings. The van der Waals surface area contributed by atoms with Gasteiger partial charge in [-0.1, -0.05) is 18.2 Å². The van der Waals surface area contributed by atoms with Gasteiger partial charge < -0.3 is 10.6 Å². The van der Waals surface area contributed by atoms with Crippen molar-refractivity contribution in [3.8, 4) is 5.69 Å². The van der Waals surface area contributed by atoms with Crippen molar-refractivity contribution in [2.75, 3.05) is 11.9 Å². The van der Waals surface area contributed by atoms with Crippen molar-refractivity contribution in [2.45, 2.75) is 43.6 Å². The van der Waals surface area contributed by atoms with Gasteiger partial charge in [0, 0.05) is 22.4 Å². The third-order valence-electron chi connectivity index (χ3n) is 6.63. The smallest absolute Gasteiger partial charge is 0.319 e. The normalized spacial score (nSPS) is 21.9. The number of fused-ring (bicyclic) bond motifs is 2. The molecule has 168 valence electrons. The number of aromatic nitrogens is 2. The van der Waals surface area contributed by atoms with Crippen LogP contribution in [-0.4, -0.2) is 39.1 Å². The van der Waals surface area contributed by atoms with Gasteiger partial charge in [0.25, 0.3) is 5.91 Å². The van der Waals surface area contributed by atoms with Gasteiger partial charge >= 0.3 is 6.03 Å². The van der Waals surface area contributed by atoms with Crippen molar-refractivity contribution in [1.82, 2.24) is 20.0 Å². The van der Waals surface area contributed by atoms with E-state index in [1.54, 1.807) is 16.0 Å². The van der Waals surface area contributed by atoms with E-state index < -0.39 is 17.5 Å². The average molecular weight is 462 g/mol. The standard InChI is InChI=1S/C24H23N5O3S/c30-21(25-20-13-18(15-8-9-15)27-29(20)16-5-2-1-3-6-16)14-28-22(31)24(26-23(28)32)11-4-7-19-17(24)10-12-33-19/h1-3,5-6,10,12-13,15H,4,7-9,11,14H2,(H,25,30)(H,26,32). The van der Waals surface area contributed by atoms with Crippen LogP contribution >= 0.6 is 11.3 Å². The molecule has 0 bridgehead atoms. The third kappa shape index (κ3) is 3.34. The maximum atomic E-state index is 13.4. The lowest BCUT2D eigenvalue weighted by atomic mass is 9.80. The van der Waals surface area contributed by atoms with Gasteiger partial charge in [-0.15, -0.1) is 11.3 Å². The molecule has 2 fully saturated rings. The Morgan fingerprint density at radius 3 is 2.82 bits per heavy atom. The van der Waals surface area contributed by atoms with Crippen LogP contribution in [0.25, 0.3) is 5.69 Å². The Morgan fingerprint density at radius 2 is 2.03 bits per heavy atom. The van der Waals surface area contributed by atoms with Crippen LogP contribution in [0.4, 0.5) is 10.6 Å². The zero-order chi connectivity index (χ0) is 22.6. The topological polar surface area (TPSA) is 96.3 Å². The number of hydrogen-bond donors (Lipinski definition) is 2.